The van der Waals surface area contributed by atoms with Crippen LogP contribution in [0.4, 0.5) is 0 Å². The minimum Gasteiger partial charge on any atom is -0.481 e. The Balaban J connectivity index is 6.38. The van der Waals surface area contributed by atoms with E-state index < -0.39 is 115 Å². The number of primary amides is 2. The Kier molecular flexibility index (Phi) is 25.6. The monoisotopic (exact) mass is 846 g/mol. The van der Waals surface area contributed by atoms with Crippen LogP contribution in [-0.4, -0.2) is 137 Å². The van der Waals surface area contributed by atoms with Crippen molar-refractivity contribution in [1.29, 1.82) is 0 Å². The standard InChI is InChI=1S/C32H58N14O11S/c1-58-15-12-21(46-29(56)20(8-11-24(50)51)43-26(53)16(33)6-10-23(48)49)30(57)45-19(7-9-22(34)47)28(55)44-18(5-3-14-41-32(38)39)27(54)42-17(25(35)52)4-2-13-40-31(36)37/h16-21H,2-15,33H2,1H3,(H2,34,47)(H2,35,52)(H,42,54)(H,43,53)(H,44,55)(H,45,57)(H,46,56)(H,48,49)(H,50,51)(H4,36,37,40)(H4,38,39,41)/t16-,17-,18-,19-,20-,21-/m0/s1. The van der Waals surface area contributed by atoms with Crippen LogP contribution in [-0.2, 0) is 43.2 Å². The van der Waals surface area contributed by atoms with Crippen LogP contribution in [0.25, 0.3) is 0 Å². The first-order valence-corrected chi connectivity index (χ1v) is 19.5. The predicted octanol–water partition coefficient (Wildman–Crippen LogP) is -5.92. The maximum atomic E-state index is 13.7. The molecule has 0 unspecified atom stereocenters. The third-order valence-electron chi connectivity index (χ3n) is 8.03. The lowest BCUT2D eigenvalue weighted by atomic mass is 10.0. The number of aliphatic imine (C=N–C) groups is 2. The van der Waals surface area contributed by atoms with Crippen LogP contribution in [0.15, 0.2) is 9.98 Å². The molecule has 0 aliphatic heterocycles. The van der Waals surface area contributed by atoms with E-state index in [-0.39, 0.29) is 75.7 Å². The second kappa shape index (κ2) is 28.5. The largest absolute Gasteiger partial charge is 0.481 e. The van der Waals surface area contributed by atoms with Gasteiger partial charge in [0.25, 0.3) is 0 Å². The van der Waals surface area contributed by atoms with E-state index in [2.05, 4.69) is 36.6 Å². The summed E-state index contributed by atoms with van der Waals surface area (Å²) in [6, 6.07) is -8.35. The molecule has 6 atom stereocenters. The molecule has 21 N–H and O–H groups in total. The molecule has 0 radical (unpaired) electrons. The van der Waals surface area contributed by atoms with Crippen molar-refractivity contribution in [3.63, 3.8) is 0 Å². The maximum Gasteiger partial charge on any atom is 0.303 e. The van der Waals surface area contributed by atoms with Gasteiger partial charge in [0.2, 0.25) is 41.4 Å². The fourth-order valence-corrected chi connectivity index (χ4v) is 5.41. The summed E-state index contributed by atoms with van der Waals surface area (Å²) in [5.74, 6) is -9.05. The average molecular weight is 847 g/mol. The second-order valence-corrected chi connectivity index (χ2v) is 13.8. The number of thioether (sulfide) groups is 1. The van der Waals surface area contributed by atoms with Gasteiger partial charge in [-0.15, -0.1) is 0 Å². The summed E-state index contributed by atoms with van der Waals surface area (Å²) in [5, 5.41) is 30.3. The van der Waals surface area contributed by atoms with E-state index in [4.69, 9.17) is 45.2 Å². The maximum absolute atomic E-state index is 13.7. The highest BCUT2D eigenvalue weighted by molar-refractivity contribution is 7.98. The van der Waals surface area contributed by atoms with Crippen molar-refractivity contribution in [1.82, 2.24) is 26.6 Å². The number of aliphatic carboxylic acids is 2. The molecule has 0 aromatic rings. The van der Waals surface area contributed by atoms with Gasteiger partial charge in [0.05, 0.1) is 6.04 Å². The van der Waals surface area contributed by atoms with E-state index in [9.17, 15) is 48.3 Å². The SMILES string of the molecule is CSCC[C@H](NC(=O)[C@H](CCC(=O)O)NC(=O)[C@@H](N)CCC(=O)O)C(=O)N[C@@H](CCC(N)=O)C(=O)N[C@@H](CCCN=C(N)N)C(=O)N[C@@H](CCCN=C(N)N)C(N)=O. The molecule has 25 nitrogen and oxygen atoms in total. The van der Waals surface area contributed by atoms with E-state index in [1.54, 1.807) is 6.26 Å². The Labute approximate surface area is 338 Å². The van der Waals surface area contributed by atoms with Crippen LogP contribution >= 0.6 is 11.8 Å². The van der Waals surface area contributed by atoms with Gasteiger partial charge in [-0.05, 0) is 63.4 Å². The van der Waals surface area contributed by atoms with Gasteiger partial charge in [-0.3, -0.25) is 53.1 Å². The zero-order chi connectivity index (χ0) is 44.4. The quantitative estimate of drug-likeness (QED) is 0.0175. The summed E-state index contributed by atoms with van der Waals surface area (Å²) in [5.41, 5.74) is 38.0. The number of carbonyl (C=O) groups excluding carboxylic acids is 7. The van der Waals surface area contributed by atoms with Gasteiger partial charge in [-0.25, -0.2) is 0 Å². The van der Waals surface area contributed by atoms with Crippen molar-refractivity contribution in [2.24, 2.45) is 50.1 Å². The molecule has 0 saturated heterocycles. The van der Waals surface area contributed by atoms with E-state index in [1.165, 1.54) is 11.8 Å². The molecule has 328 valence electrons. The highest BCUT2D eigenvalue weighted by Gasteiger charge is 2.33. The van der Waals surface area contributed by atoms with Gasteiger partial charge in [-0.2, -0.15) is 11.8 Å². The molecular formula is C32H58N14O11S. The average Bonchev–Trinajstić information content (AvgIpc) is 3.13. The molecule has 0 spiro atoms. The first-order valence-electron chi connectivity index (χ1n) is 18.1. The molecule has 0 aliphatic carbocycles. The smallest absolute Gasteiger partial charge is 0.303 e. The minimum atomic E-state index is -1.53. The molecule has 0 aliphatic rings. The van der Waals surface area contributed by atoms with Gasteiger partial charge in [0.1, 0.15) is 30.2 Å². The molecule has 7 amide bonds. The molecular weight excluding hydrogens is 789 g/mol. The normalized spacial score (nSPS) is 13.8. The fraction of sp³-hybridized carbons (Fsp3) is 0.656. The number of carboxylic acid groups (broad SMARTS) is 2. The molecule has 58 heavy (non-hydrogen) atoms. The van der Waals surface area contributed by atoms with Crippen molar-refractivity contribution in [2.75, 3.05) is 25.1 Å². The molecule has 0 heterocycles. The van der Waals surface area contributed by atoms with Crippen LogP contribution in [0.2, 0.25) is 0 Å². The van der Waals surface area contributed by atoms with Gasteiger partial charge in [0.15, 0.2) is 11.9 Å². The summed E-state index contributed by atoms with van der Waals surface area (Å²) in [4.78, 5) is 121. The predicted molar refractivity (Wildman–Crippen MR) is 212 cm³/mol. The Morgan fingerprint density at radius 3 is 1.28 bits per heavy atom. The van der Waals surface area contributed by atoms with Gasteiger partial charge in [0, 0.05) is 32.4 Å². The number of nitrogens with two attached hydrogens (primary N) is 7. The molecule has 0 aromatic carbocycles. The molecule has 0 bridgehead atoms. The highest BCUT2D eigenvalue weighted by Crippen LogP contribution is 2.09. The summed E-state index contributed by atoms with van der Waals surface area (Å²) >= 11 is 1.29. The number of amides is 7. The van der Waals surface area contributed by atoms with Crippen LogP contribution in [0.5, 0.6) is 0 Å². The zero-order valence-corrected chi connectivity index (χ0v) is 33.1. The summed E-state index contributed by atoms with van der Waals surface area (Å²) < 4.78 is 0. The van der Waals surface area contributed by atoms with Crippen molar-refractivity contribution in [2.45, 2.75) is 107 Å². The lowest BCUT2D eigenvalue weighted by Crippen LogP contribution is -2.59. The molecule has 0 aromatic heterocycles. The van der Waals surface area contributed by atoms with E-state index in [0.717, 1.165) is 0 Å². The van der Waals surface area contributed by atoms with Crippen LogP contribution in [0, 0.1) is 0 Å². The number of carbonyl (C=O) groups is 9. The number of guanidine groups is 2. The first kappa shape index (κ1) is 52.1. The number of carboxylic acids is 2. The molecule has 0 saturated carbocycles. The number of nitrogens with one attached hydrogen (secondary N) is 5. The van der Waals surface area contributed by atoms with Crippen molar-refractivity contribution < 1.29 is 53.4 Å². The Morgan fingerprint density at radius 1 is 0.517 bits per heavy atom. The summed E-state index contributed by atoms with van der Waals surface area (Å²) in [6.07, 6.45) is -0.515. The van der Waals surface area contributed by atoms with Crippen LogP contribution in [0.1, 0.15) is 70.6 Å². The van der Waals surface area contributed by atoms with Crippen LogP contribution in [0.3, 0.4) is 0 Å². The highest BCUT2D eigenvalue weighted by atomic mass is 32.2. The van der Waals surface area contributed by atoms with Crippen molar-refractivity contribution in [3.05, 3.63) is 0 Å². The number of hydrogen-bond acceptors (Lipinski definition) is 13. The lowest BCUT2D eigenvalue weighted by molar-refractivity contribution is -0.139. The first-order chi connectivity index (χ1) is 27.2. The van der Waals surface area contributed by atoms with Gasteiger partial charge < -0.3 is 76.9 Å². The van der Waals surface area contributed by atoms with Gasteiger partial charge >= 0.3 is 11.9 Å². The zero-order valence-electron chi connectivity index (χ0n) is 32.3. The van der Waals surface area contributed by atoms with Crippen molar-refractivity contribution >= 4 is 77.0 Å². The van der Waals surface area contributed by atoms with E-state index in [0.29, 0.717) is 0 Å². The Morgan fingerprint density at radius 2 is 0.879 bits per heavy atom. The fourth-order valence-electron chi connectivity index (χ4n) is 4.94. The summed E-state index contributed by atoms with van der Waals surface area (Å²) in [7, 11) is 0. The second-order valence-electron chi connectivity index (χ2n) is 12.9. The lowest BCUT2D eigenvalue weighted by Gasteiger charge is -2.27. The third-order valence-corrected chi connectivity index (χ3v) is 8.67. The van der Waals surface area contributed by atoms with Crippen molar-refractivity contribution in [3.8, 4) is 0 Å². The number of rotatable bonds is 31. The van der Waals surface area contributed by atoms with E-state index >= 15 is 0 Å². The Hall–Kier alpha value is -5.92. The van der Waals surface area contributed by atoms with Crippen LogP contribution < -0.4 is 66.7 Å². The van der Waals surface area contributed by atoms with Gasteiger partial charge in [-0.1, -0.05) is 0 Å². The molecule has 26 heteroatoms. The molecule has 0 fully saturated rings. The minimum absolute atomic E-state index is 0.0331. The topological polar surface area (TPSA) is 461 Å². The van der Waals surface area contributed by atoms with E-state index in [1.807, 2.05) is 0 Å². The number of nitrogens with zero attached hydrogens (tertiary/aromatic N) is 2. The Bertz CT molecular complexity index is 1490. The molecule has 0 rings (SSSR count). The number of hydrogen-bond donors (Lipinski definition) is 14. The third kappa shape index (κ3) is 23.9. The summed E-state index contributed by atoms with van der Waals surface area (Å²) in [6.45, 7) is 0.168.